The summed E-state index contributed by atoms with van der Waals surface area (Å²) in [7, 11) is 0. The third-order valence-electron chi connectivity index (χ3n) is 2.91. The molecule has 0 saturated carbocycles. The highest BCUT2D eigenvalue weighted by Crippen LogP contribution is 2.22. The van der Waals surface area contributed by atoms with Gasteiger partial charge >= 0.3 is 5.97 Å². The Bertz CT molecular complexity index is 673. The first-order valence-corrected chi connectivity index (χ1v) is 6.47. The standard InChI is InChI=1S/C14H13ClN2O3/c1-2-17(8-13(18)19)14(20)10-7-12(15)16-11-6-4-3-5-9(10)11/h3-7H,2,8H2,1H3,(H,18,19). The van der Waals surface area contributed by atoms with Crippen molar-refractivity contribution in [3.05, 3.63) is 41.0 Å². The maximum atomic E-state index is 12.5. The highest BCUT2D eigenvalue weighted by Gasteiger charge is 2.20. The Balaban J connectivity index is 2.50. The van der Waals surface area contributed by atoms with E-state index in [-0.39, 0.29) is 17.6 Å². The lowest BCUT2D eigenvalue weighted by molar-refractivity contribution is -0.137. The number of amides is 1. The van der Waals surface area contributed by atoms with E-state index in [2.05, 4.69) is 4.98 Å². The topological polar surface area (TPSA) is 70.5 Å². The highest BCUT2D eigenvalue weighted by molar-refractivity contribution is 6.30. The largest absolute Gasteiger partial charge is 0.480 e. The van der Waals surface area contributed by atoms with Crippen molar-refractivity contribution in [2.24, 2.45) is 0 Å². The van der Waals surface area contributed by atoms with Crippen LogP contribution in [-0.4, -0.2) is 40.0 Å². The van der Waals surface area contributed by atoms with Gasteiger partial charge in [-0.2, -0.15) is 0 Å². The zero-order valence-electron chi connectivity index (χ0n) is 10.8. The second kappa shape index (κ2) is 5.88. The van der Waals surface area contributed by atoms with Gasteiger partial charge in [0.2, 0.25) is 0 Å². The summed E-state index contributed by atoms with van der Waals surface area (Å²) in [4.78, 5) is 28.6. The zero-order chi connectivity index (χ0) is 14.7. The predicted octanol–water partition coefficient (Wildman–Crippen LogP) is 2.43. The van der Waals surface area contributed by atoms with Crippen molar-refractivity contribution in [1.29, 1.82) is 0 Å². The molecule has 0 aliphatic carbocycles. The van der Waals surface area contributed by atoms with E-state index in [1.807, 2.05) is 0 Å². The van der Waals surface area contributed by atoms with Gasteiger partial charge in [-0.15, -0.1) is 0 Å². The molecule has 5 nitrogen and oxygen atoms in total. The van der Waals surface area contributed by atoms with Crippen LogP contribution in [0.25, 0.3) is 10.9 Å². The monoisotopic (exact) mass is 292 g/mol. The fraction of sp³-hybridized carbons (Fsp3) is 0.214. The second-order valence-electron chi connectivity index (χ2n) is 4.22. The molecule has 0 fully saturated rings. The van der Waals surface area contributed by atoms with Crippen molar-refractivity contribution in [3.63, 3.8) is 0 Å². The predicted molar refractivity (Wildman–Crippen MR) is 76.0 cm³/mol. The quantitative estimate of drug-likeness (QED) is 0.879. The number of carbonyl (C=O) groups excluding carboxylic acids is 1. The van der Waals surface area contributed by atoms with Crippen LogP contribution in [0.2, 0.25) is 5.15 Å². The molecule has 0 bridgehead atoms. The number of carboxylic acids is 1. The van der Waals surface area contributed by atoms with E-state index in [4.69, 9.17) is 16.7 Å². The summed E-state index contributed by atoms with van der Waals surface area (Å²) in [5.41, 5.74) is 0.971. The molecule has 1 aromatic carbocycles. The van der Waals surface area contributed by atoms with Gasteiger partial charge in [0.05, 0.1) is 11.1 Å². The Morgan fingerprint density at radius 2 is 2.05 bits per heavy atom. The Hall–Kier alpha value is -2.14. The van der Waals surface area contributed by atoms with Gasteiger partial charge in [0.1, 0.15) is 11.7 Å². The van der Waals surface area contributed by atoms with Crippen LogP contribution in [0.15, 0.2) is 30.3 Å². The summed E-state index contributed by atoms with van der Waals surface area (Å²) in [5, 5.41) is 9.71. The maximum Gasteiger partial charge on any atom is 0.323 e. The minimum absolute atomic E-state index is 0.207. The number of aromatic nitrogens is 1. The first-order chi connectivity index (χ1) is 9.52. The fourth-order valence-electron chi connectivity index (χ4n) is 1.98. The molecule has 1 heterocycles. The van der Waals surface area contributed by atoms with Gasteiger partial charge in [0.15, 0.2) is 0 Å². The SMILES string of the molecule is CCN(CC(=O)O)C(=O)c1cc(Cl)nc2ccccc12. The van der Waals surface area contributed by atoms with Gasteiger partial charge in [-0.25, -0.2) is 4.98 Å². The van der Waals surface area contributed by atoms with E-state index in [0.717, 1.165) is 0 Å². The summed E-state index contributed by atoms with van der Waals surface area (Å²) in [6.45, 7) is 1.69. The molecule has 2 aromatic rings. The summed E-state index contributed by atoms with van der Waals surface area (Å²) < 4.78 is 0. The van der Waals surface area contributed by atoms with E-state index in [0.29, 0.717) is 23.0 Å². The molecular formula is C14H13ClN2O3. The molecule has 0 radical (unpaired) electrons. The first-order valence-electron chi connectivity index (χ1n) is 6.09. The number of hydrogen-bond acceptors (Lipinski definition) is 3. The molecule has 1 N–H and O–H groups in total. The van der Waals surface area contributed by atoms with Crippen LogP contribution < -0.4 is 0 Å². The first kappa shape index (κ1) is 14.3. The van der Waals surface area contributed by atoms with Crippen molar-refractivity contribution in [1.82, 2.24) is 9.88 Å². The molecule has 104 valence electrons. The number of halogens is 1. The Kier molecular flexibility index (Phi) is 4.20. The van der Waals surface area contributed by atoms with Gasteiger partial charge in [-0.3, -0.25) is 9.59 Å². The van der Waals surface area contributed by atoms with E-state index in [1.165, 1.54) is 11.0 Å². The number of rotatable bonds is 4. The molecular weight excluding hydrogens is 280 g/mol. The van der Waals surface area contributed by atoms with Crippen LogP contribution in [0.5, 0.6) is 0 Å². The molecule has 0 atom stereocenters. The number of likely N-dealkylation sites (N-methyl/N-ethyl adjacent to an activating group) is 1. The molecule has 1 aromatic heterocycles. The Labute approximate surface area is 120 Å². The van der Waals surface area contributed by atoms with Crippen LogP contribution in [0, 0.1) is 0 Å². The van der Waals surface area contributed by atoms with Gasteiger partial charge in [0.25, 0.3) is 5.91 Å². The van der Waals surface area contributed by atoms with E-state index in [9.17, 15) is 9.59 Å². The maximum absolute atomic E-state index is 12.5. The van der Waals surface area contributed by atoms with Crippen molar-refractivity contribution >= 4 is 34.4 Å². The number of fused-ring (bicyclic) bond motifs is 1. The minimum atomic E-state index is -1.05. The lowest BCUT2D eigenvalue weighted by Gasteiger charge is -2.19. The van der Waals surface area contributed by atoms with Gasteiger partial charge in [0, 0.05) is 11.9 Å². The van der Waals surface area contributed by atoms with Crippen molar-refractivity contribution in [3.8, 4) is 0 Å². The normalized spacial score (nSPS) is 10.5. The lowest BCUT2D eigenvalue weighted by atomic mass is 10.1. The summed E-state index contributed by atoms with van der Waals surface area (Å²) in [5.74, 6) is -1.42. The molecule has 0 aliphatic rings. The van der Waals surface area contributed by atoms with Crippen LogP contribution in [-0.2, 0) is 4.79 Å². The third-order valence-corrected chi connectivity index (χ3v) is 3.10. The number of para-hydroxylation sites is 1. The molecule has 0 unspecified atom stereocenters. The highest BCUT2D eigenvalue weighted by atomic mass is 35.5. The van der Waals surface area contributed by atoms with Crippen molar-refractivity contribution < 1.29 is 14.7 Å². The van der Waals surface area contributed by atoms with Crippen LogP contribution in [0.4, 0.5) is 0 Å². The number of aliphatic carboxylic acids is 1. The molecule has 2 rings (SSSR count). The number of benzene rings is 1. The van der Waals surface area contributed by atoms with Crippen LogP contribution in [0.3, 0.4) is 0 Å². The third kappa shape index (κ3) is 2.88. The summed E-state index contributed by atoms with van der Waals surface area (Å²) in [6.07, 6.45) is 0. The summed E-state index contributed by atoms with van der Waals surface area (Å²) >= 11 is 5.92. The van der Waals surface area contributed by atoms with Crippen molar-refractivity contribution in [2.75, 3.05) is 13.1 Å². The van der Waals surface area contributed by atoms with Crippen LogP contribution in [0.1, 0.15) is 17.3 Å². The Morgan fingerprint density at radius 3 is 2.70 bits per heavy atom. The molecule has 0 saturated heterocycles. The minimum Gasteiger partial charge on any atom is -0.480 e. The lowest BCUT2D eigenvalue weighted by Crippen LogP contribution is -2.35. The second-order valence-corrected chi connectivity index (χ2v) is 4.61. The van der Waals surface area contributed by atoms with Crippen LogP contribution >= 0.6 is 11.6 Å². The number of hydrogen-bond donors (Lipinski definition) is 1. The summed E-state index contributed by atoms with van der Waals surface area (Å²) in [6, 6.07) is 8.58. The number of carboxylic acid groups (broad SMARTS) is 1. The van der Waals surface area contributed by atoms with Gasteiger partial charge < -0.3 is 10.0 Å². The van der Waals surface area contributed by atoms with E-state index < -0.39 is 5.97 Å². The average Bonchev–Trinajstić information content (AvgIpc) is 2.42. The number of carbonyl (C=O) groups is 2. The zero-order valence-corrected chi connectivity index (χ0v) is 11.6. The number of pyridine rings is 1. The van der Waals surface area contributed by atoms with Gasteiger partial charge in [-0.05, 0) is 19.1 Å². The van der Waals surface area contributed by atoms with E-state index in [1.54, 1.807) is 31.2 Å². The van der Waals surface area contributed by atoms with Crippen molar-refractivity contribution in [2.45, 2.75) is 6.92 Å². The molecule has 20 heavy (non-hydrogen) atoms. The molecule has 1 amide bonds. The molecule has 0 aliphatic heterocycles. The number of nitrogens with zero attached hydrogens (tertiary/aromatic N) is 2. The Morgan fingerprint density at radius 1 is 1.35 bits per heavy atom. The fourth-order valence-corrected chi connectivity index (χ4v) is 2.18. The average molecular weight is 293 g/mol. The molecule has 0 spiro atoms. The van der Waals surface area contributed by atoms with Gasteiger partial charge in [-0.1, -0.05) is 29.8 Å². The molecule has 6 heteroatoms. The smallest absolute Gasteiger partial charge is 0.323 e. The van der Waals surface area contributed by atoms with E-state index >= 15 is 0 Å².